The van der Waals surface area contributed by atoms with Gasteiger partial charge in [0.1, 0.15) is 5.76 Å². The zero-order valence-electron chi connectivity index (χ0n) is 7.37. The Labute approximate surface area is 76.1 Å². The molecule has 0 spiro atoms. The molecule has 1 aliphatic carbocycles. The number of allylic oxidation sites excluding steroid dienone is 3. The number of rotatable bonds is 0. The Morgan fingerprint density at radius 2 is 2.00 bits per heavy atom. The third-order valence-corrected chi connectivity index (χ3v) is 2.28. The lowest BCUT2D eigenvalue weighted by Crippen LogP contribution is -2.22. The normalized spacial score (nSPS) is 27.3. The lowest BCUT2D eigenvalue weighted by molar-refractivity contribution is -0.131. The van der Waals surface area contributed by atoms with Crippen molar-refractivity contribution in [2.45, 2.75) is 25.9 Å². The van der Waals surface area contributed by atoms with E-state index in [0.29, 0.717) is 5.76 Å². The maximum Gasteiger partial charge on any atom is 0.229 e. The van der Waals surface area contributed by atoms with Crippen molar-refractivity contribution in [3.8, 4) is 0 Å². The van der Waals surface area contributed by atoms with Crippen molar-refractivity contribution in [2.75, 3.05) is 0 Å². The Morgan fingerprint density at radius 1 is 1.31 bits per heavy atom. The van der Waals surface area contributed by atoms with Crippen molar-refractivity contribution in [3.63, 3.8) is 0 Å². The molecule has 1 aliphatic heterocycles. The highest BCUT2D eigenvalue weighted by molar-refractivity contribution is 6.46. The van der Waals surface area contributed by atoms with Crippen LogP contribution in [0.15, 0.2) is 23.5 Å². The third-order valence-electron chi connectivity index (χ3n) is 2.28. The zero-order valence-corrected chi connectivity index (χ0v) is 7.37. The van der Waals surface area contributed by atoms with Crippen molar-refractivity contribution >= 4 is 11.6 Å². The van der Waals surface area contributed by atoms with Gasteiger partial charge >= 0.3 is 0 Å². The third kappa shape index (κ3) is 1.41. The molecule has 0 bridgehead atoms. The average Bonchev–Trinajstić information content (AvgIpc) is 2.08. The van der Waals surface area contributed by atoms with E-state index in [1.54, 1.807) is 0 Å². The average molecular weight is 178 g/mol. The maximum absolute atomic E-state index is 11.0. The van der Waals surface area contributed by atoms with E-state index in [1.165, 1.54) is 12.2 Å². The van der Waals surface area contributed by atoms with Gasteiger partial charge in [0, 0.05) is 6.08 Å². The van der Waals surface area contributed by atoms with Gasteiger partial charge < -0.3 is 4.74 Å². The van der Waals surface area contributed by atoms with Crippen LogP contribution in [0.5, 0.6) is 0 Å². The van der Waals surface area contributed by atoms with Gasteiger partial charge in [0.2, 0.25) is 11.6 Å². The monoisotopic (exact) mass is 178 g/mol. The summed E-state index contributed by atoms with van der Waals surface area (Å²) in [6.45, 7) is 1.96. The van der Waals surface area contributed by atoms with Crippen molar-refractivity contribution in [1.82, 2.24) is 0 Å². The Morgan fingerprint density at radius 3 is 2.77 bits per heavy atom. The summed E-state index contributed by atoms with van der Waals surface area (Å²) >= 11 is 0. The fourth-order valence-corrected chi connectivity index (χ4v) is 1.52. The molecule has 2 aliphatic rings. The molecule has 1 heterocycles. The van der Waals surface area contributed by atoms with Gasteiger partial charge in [-0.2, -0.15) is 0 Å². The molecule has 0 amide bonds. The molecule has 3 nitrogen and oxygen atoms in total. The van der Waals surface area contributed by atoms with Crippen molar-refractivity contribution in [1.29, 1.82) is 0 Å². The second kappa shape index (κ2) is 2.83. The number of carbonyl (C=O) groups is 2. The molecule has 0 aromatic carbocycles. The summed E-state index contributed by atoms with van der Waals surface area (Å²) in [4.78, 5) is 22.0. The van der Waals surface area contributed by atoms with Crippen LogP contribution in [-0.4, -0.2) is 17.7 Å². The summed E-state index contributed by atoms with van der Waals surface area (Å²) in [5, 5.41) is 0. The first-order chi connectivity index (χ1) is 6.16. The van der Waals surface area contributed by atoms with Gasteiger partial charge in [-0.05, 0) is 31.4 Å². The largest absolute Gasteiger partial charge is 0.490 e. The number of carbonyl (C=O) groups excluding carboxylic acids is 2. The highest BCUT2D eigenvalue weighted by Gasteiger charge is 2.25. The molecular formula is C10H10O3. The number of ether oxygens (including phenoxy) is 1. The van der Waals surface area contributed by atoms with Crippen LogP contribution in [0.2, 0.25) is 0 Å². The summed E-state index contributed by atoms with van der Waals surface area (Å²) in [6, 6.07) is 0. The molecular weight excluding hydrogens is 168 g/mol. The van der Waals surface area contributed by atoms with Crippen LogP contribution in [-0.2, 0) is 14.3 Å². The van der Waals surface area contributed by atoms with Gasteiger partial charge in [0.25, 0.3) is 0 Å². The van der Waals surface area contributed by atoms with Crippen molar-refractivity contribution in [3.05, 3.63) is 23.5 Å². The Balaban J connectivity index is 2.31. The van der Waals surface area contributed by atoms with E-state index >= 15 is 0 Å². The fraction of sp³-hybridized carbons (Fsp3) is 0.400. The van der Waals surface area contributed by atoms with Crippen molar-refractivity contribution in [2.24, 2.45) is 0 Å². The highest BCUT2D eigenvalue weighted by Crippen LogP contribution is 2.29. The molecule has 0 saturated carbocycles. The first kappa shape index (κ1) is 8.23. The van der Waals surface area contributed by atoms with Crippen LogP contribution in [0.25, 0.3) is 0 Å². The van der Waals surface area contributed by atoms with E-state index in [0.717, 1.165) is 18.4 Å². The van der Waals surface area contributed by atoms with Gasteiger partial charge in [-0.25, -0.2) is 0 Å². The Kier molecular flexibility index (Phi) is 1.79. The SMILES string of the molecule is CC1CCC2=CC(=O)C(=O)C=C2O1. The predicted molar refractivity (Wildman–Crippen MR) is 46.0 cm³/mol. The van der Waals surface area contributed by atoms with Crippen LogP contribution in [0, 0.1) is 0 Å². The molecule has 0 radical (unpaired) electrons. The Hall–Kier alpha value is -1.38. The summed E-state index contributed by atoms with van der Waals surface area (Å²) in [5.74, 6) is -0.326. The molecule has 1 unspecified atom stereocenters. The number of fused-ring (bicyclic) bond motifs is 1. The summed E-state index contributed by atoms with van der Waals surface area (Å²) in [5.41, 5.74) is 0.864. The summed E-state index contributed by atoms with van der Waals surface area (Å²) < 4.78 is 5.43. The molecule has 3 heteroatoms. The number of hydrogen-bond acceptors (Lipinski definition) is 3. The molecule has 2 rings (SSSR count). The van der Waals surface area contributed by atoms with Gasteiger partial charge in [-0.1, -0.05) is 0 Å². The smallest absolute Gasteiger partial charge is 0.229 e. The summed E-state index contributed by atoms with van der Waals surface area (Å²) in [6.07, 6.45) is 4.57. The fourth-order valence-electron chi connectivity index (χ4n) is 1.52. The molecule has 0 aromatic heterocycles. The second-order valence-corrected chi connectivity index (χ2v) is 3.37. The van der Waals surface area contributed by atoms with E-state index in [4.69, 9.17) is 4.74 Å². The van der Waals surface area contributed by atoms with Gasteiger partial charge in [-0.3, -0.25) is 9.59 Å². The number of hydrogen-bond donors (Lipinski definition) is 0. The minimum absolute atomic E-state index is 0.143. The van der Waals surface area contributed by atoms with Gasteiger partial charge in [0.05, 0.1) is 6.10 Å². The first-order valence-electron chi connectivity index (χ1n) is 4.34. The van der Waals surface area contributed by atoms with E-state index in [2.05, 4.69) is 0 Å². The molecule has 68 valence electrons. The maximum atomic E-state index is 11.0. The lowest BCUT2D eigenvalue weighted by Gasteiger charge is -2.26. The van der Waals surface area contributed by atoms with Crippen LogP contribution in [0.4, 0.5) is 0 Å². The van der Waals surface area contributed by atoms with Crippen LogP contribution >= 0.6 is 0 Å². The quantitative estimate of drug-likeness (QED) is 0.412. The van der Waals surface area contributed by atoms with E-state index in [1.807, 2.05) is 6.92 Å². The zero-order chi connectivity index (χ0) is 9.42. The Bertz CT molecular complexity index is 336. The summed E-state index contributed by atoms with van der Waals surface area (Å²) in [7, 11) is 0. The van der Waals surface area contributed by atoms with Crippen LogP contribution in [0.1, 0.15) is 19.8 Å². The molecule has 0 aromatic rings. The van der Waals surface area contributed by atoms with Gasteiger partial charge in [0.15, 0.2) is 0 Å². The van der Waals surface area contributed by atoms with E-state index in [-0.39, 0.29) is 6.10 Å². The minimum Gasteiger partial charge on any atom is -0.490 e. The molecule has 1 fully saturated rings. The van der Waals surface area contributed by atoms with Gasteiger partial charge in [-0.15, -0.1) is 0 Å². The van der Waals surface area contributed by atoms with Crippen LogP contribution < -0.4 is 0 Å². The minimum atomic E-state index is -0.479. The second-order valence-electron chi connectivity index (χ2n) is 3.37. The van der Waals surface area contributed by atoms with E-state index in [9.17, 15) is 9.59 Å². The molecule has 13 heavy (non-hydrogen) atoms. The first-order valence-corrected chi connectivity index (χ1v) is 4.34. The predicted octanol–water partition coefficient (Wildman–Crippen LogP) is 1.15. The highest BCUT2D eigenvalue weighted by atomic mass is 16.5. The number of ketones is 2. The van der Waals surface area contributed by atoms with E-state index < -0.39 is 11.6 Å². The molecule has 1 atom stereocenters. The topological polar surface area (TPSA) is 43.4 Å². The molecule has 0 N–H and O–H groups in total. The van der Waals surface area contributed by atoms with Crippen LogP contribution in [0.3, 0.4) is 0 Å². The lowest BCUT2D eigenvalue weighted by atomic mass is 9.95. The standard InChI is InChI=1S/C10H10O3/c1-6-2-3-7-4-8(11)9(12)5-10(7)13-6/h4-6H,2-3H2,1H3. The molecule has 1 saturated heterocycles. The van der Waals surface area contributed by atoms with Crippen molar-refractivity contribution < 1.29 is 14.3 Å².